The monoisotopic (exact) mass is 206 g/mol. The summed E-state index contributed by atoms with van der Waals surface area (Å²) in [4.78, 5) is 10.8. The largest absolute Gasteiger partial charge is 0.481 e. The highest BCUT2D eigenvalue weighted by Crippen LogP contribution is 2.43. The van der Waals surface area contributed by atoms with Crippen molar-refractivity contribution < 1.29 is 23.1 Å². The molecule has 5 nitrogen and oxygen atoms in total. The molecule has 0 amide bonds. The molecule has 2 heterocycles. The van der Waals surface area contributed by atoms with Gasteiger partial charge in [-0.2, -0.15) is 0 Å². The van der Waals surface area contributed by atoms with Crippen molar-refractivity contribution in [1.82, 2.24) is 0 Å². The molecule has 1 unspecified atom stereocenters. The Labute approximate surface area is 75.6 Å². The van der Waals surface area contributed by atoms with Crippen LogP contribution in [0.4, 0.5) is 0 Å². The molecule has 0 aromatic heterocycles. The maximum absolute atomic E-state index is 11.2. The molecule has 0 aliphatic carbocycles. The fourth-order valence-electron chi connectivity index (χ4n) is 2.01. The minimum atomic E-state index is -3.17. The highest BCUT2D eigenvalue weighted by Gasteiger charge is 2.58. The molecule has 2 aliphatic heterocycles. The van der Waals surface area contributed by atoms with Crippen molar-refractivity contribution in [3.63, 3.8) is 0 Å². The first kappa shape index (κ1) is 8.96. The van der Waals surface area contributed by atoms with Gasteiger partial charge in [-0.15, -0.1) is 0 Å². The smallest absolute Gasteiger partial charge is 0.308 e. The van der Waals surface area contributed by atoms with Gasteiger partial charge >= 0.3 is 5.97 Å². The normalized spacial score (nSPS) is 34.3. The fraction of sp³-hybridized carbons (Fsp3) is 0.857. The van der Waals surface area contributed by atoms with Gasteiger partial charge in [0, 0.05) is 5.41 Å². The minimum Gasteiger partial charge on any atom is -0.481 e. The van der Waals surface area contributed by atoms with Crippen LogP contribution in [0.5, 0.6) is 0 Å². The number of carboxylic acid groups (broad SMARTS) is 1. The fourth-order valence-corrected chi connectivity index (χ4v) is 4.38. The summed E-state index contributed by atoms with van der Waals surface area (Å²) in [6.45, 7) is 0.534. The first-order chi connectivity index (χ1) is 5.95. The second-order valence-corrected chi connectivity index (χ2v) is 5.91. The second-order valence-electron chi connectivity index (χ2n) is 3.80. The molecule has 74 valence electrons. The van der Waals surface area contributed by atoms with Crippen molar-refractivity contribution in [3.05, 3.63) is 0 Å². The zero-order chi connectivity index (χ0) is 9.69. The van der Waals surface area contributed by atoms with Crippen molar-refractivity contribution in [2.75, 3.05) is 24.7 Å². The van der Waals surface area contributed by atoms with Crippen LogP contribution in [0, 0.1) is 11.3 Å². The second kappa shape index (κ2) is 2.45. The molecule has 0 saturated carbocycles. The Hall–Kier alpha value is -0.620. The number of rotatable bonds is 1. The van der Waals surface area contributed by atoms with Crippen molar-refractivity contribution in [2.24, 2.45) is 11.3 Å². The third-order valence-electron chi connectivity index (χ3n) is 2.74. The van der Waals surface area contributed by atoms with E-state index in [1.807, 2.05) is 0 Å². The Morgan fingerprint density at radius 1 is 1.46 bits per heavy atom. The summed E-state index contributed by atoms with van der Waals surface area (Å²) in [6.07, 6.45) is 0. The van der Waals surface area contributed by atoms with Crippen LogP contribution in [0.15, 0.2) is 0 Å². The molecule has 2 fully saturated rings. The van der Waals surface area contributed by atoms with E-state index in [1.54, 1.807) is 0 Å². The lowest BCUT2D eigenvalue weighted by Crippen LogP contribution is -2.50. The van der Waals surface area contributed by atoms with Crippen LogP contribution >= 0.6 is 0 Å². The first-order valence-corrected chi connectivity index (χ1v) is 5.78. The predicted molar refractivity (Wildman–Crippen MR) is 43.0 cm³/mol. The van der Waals surface area contributed by atoms with Gasteiger partial charge in [-0.25, -0.2) is 8.42 Å². The van der Waals surface area contributed by atoms with Gasteiger partial charge < -0.3 is 9.84 Å². The van der Waals surface area contributed by atoms with E-state index in [0.717, 1.165) is 0 Å². The summed E-state index contributed by atoms with van der Waals surface area (Å²) < 4.78 is 27.4. The summed E-state index contributed by atoms with van der Waals surface area (Å²) in [6, 6.07) is 0. The van der Waals surface area contributed by atoms with E-state index < -0.39 is 27.1 Å². The Balaban J connectivity index is 2.32. The highest BCUT2D eigenvalue weighted by molar-refractivity contribution is 7.91. The molecule has 13 heavy (non-hydrogen) atoms. The van der Waals surface area contributed by atoms with Crippen molar-refractivity contribution in [3.8, 4) is 0 Å². The Kier molecular flexibility index (Phi) is 1.69. The number of carboxylic acids is 1. The van der Waals surface area contributed by atoms with E-state index in [9.17, 15) is 13.2 Å². The summed E-state index contributed by atoms with van der Waals surface area (Å²) >= 11 is 0. The van der Waals surface area contributed by atoms with Crippen LogP contribution in [0.3, 0.4) is 0 Å². The third-order valence-corrected chi connectivity index (χ3v) is 4.60. The number of hydrogen-bond acceptors (Lipinski definition) is 4. The molecule has 1 atom stereocenters. The molecule has 0 bridgehead atoms. The zero-order valence-electron chi connectivity index (χ0n) is 6.89. The van der Waals surface area contributed by atoms with E-state index in [1.165, 1.54) is 0 Å². The Bertz CT molecular complexity index is 340. The standard InChI is InChI=1S/C7H10O5S/c8-6(9)5-1-13(10,11)4-7(5)2-12-3-7/h5H,1-4H2,(H,8,9). The maximum atomic E-state index is 11.2. The number of sulfone groups is 1. The minimum absolute atomic E-state index is 0.0308. The SMILES string of the molecule is O=C(O)C1CS(=O)(=O)CC12COC2. The van der Waals surface area contributed by atoms with Gasteiger partial charge in [0.1, 0.15) is 0 Å². The van der Waals surface area contributed by atoms with Gasteiger partial charge in [-0.05, 0) is 0 Å². The summed E-state index contributed by atoms with van der Waals surface area (Å²) in [5.41, 5.74) is -0.620. The van der Waals surface area contributed by atoms with Gasteiger partial charge in [-0.3, -0.25) is 4.79 Å². The van der Waals surface area contributed by atoms with Crippen LogP contribution < -0.4 is 0 Å². The van der Waals surface area contributed by atoms with Crippen molar-refractivity contribution >= 4 is 15.8 Å². The summed E-state index contributed by atoms with van der Waals surface area (Å²) in [5.74, 6) is -2.06. The van der Waals surface area contributed by atoms with E-state index in [0.29, 0.717) is 0 Å². The average molecular weight is 206 g/mol. The molecule has 0 radical (unpaired) electrons. The Morgan fingerprint density at radius 2 is 2.08 bits per heavy atom. The quantitative estimate of drug-likeness (QED) is 0.603. The first-order valence-electron chi connectivity index (χ1n) is 3.96. The average Bonchev–Trinajstić information content (AvgIpc) is 2.20. The number of carbonyl (C=O) groups is 1. The van der Waals surface area contributed by atoms with Gasteiger partial charge in [0.15, 0.2) is 9.84 Å². The van der Waals surface area contributed by atoms with E-state index >= 15 is 0 Å². The molecule has 0 aromatic rings. The molecular formula is C7H10O5S. The van der Waals surface area contributed by atoms with Crippen LogP contribution in [-0.4, -0.2) is 44.2 Å². The number of ether oxygens (including phenoxy) is 1. The predicted octanol–water partition coefficient (Wildman–Crippen LogP) is -0.868. The summed E-state index contributed by atoms with van der Waals surface area (Å²) in [7, 11) is -3.17. The molecule has 6 heteroatoms. The lowest BCUT2D eigenvalue weighted by molar-refractivity contribution is -0.164. The molecule has 2 rings (SSSR count). The van der Waals surface area contributed by atoms with Crippen LogP contribution in [-0.2, 0) is 19.4 Å². The van der Waals surface area contributed by atoms with Crippen LogP contribution in [0.25, 0.3) is 0 Å². The number of aliphatic carboxylic acids is 1. The zero-order valence-corrected chi connectivity index (χ0v) is 7.71. The number of hydrogen-bond donors (Lipinski definition) is 1. The Morgan fingerprint density at radius 3 is 2.38 bits per heavy atom. The summed E-state index contributed by atoms with van der Waals surface area (Å²) in [5, 5.41) is 8.83. The van der Waals surface area contributed by atoms with E-state index in [4.69, 9.17) is 9.84 Å². The third kappa shape index (κ3) is 1.24. The molecule has 1 spiro atoms. The van der Waals surface area contributed by atoms with Crippen molar-refractivity contribution in [1.29, 1.82) is 0 Å². The molecule has 1 N–H and O–H groups in total. The highest BCUT2D eigenvalue weighted by atomic mass is 32.2. The van der Waals surface area contributed by atoms with Crippen LogP contribution in [0.2, 0.25) is 0 Å². The van der Waals surface area contributed by atoms with Gasteiger partial charge in [0.05, 0.1) is 30.6 Å². The van der Waals surface area contributed by atoms with Gasteiger partial charge in [0.2, 0.25) is 0 Å². The lowest BCUT2D eigenvalue weighted by Gasteiger charge is -2.39. The topological polar surface area (TPSA) is 80.7 Å². The molecule has 0 aromatic carbocycles. The van der Waals surface area contributed by atoms with Crippen molar-refractivity contribution in [2.45, 2.75) is 0 Å². The molecule has 2 saturated heterocycles. The van der Waals surface area contributed by atoms with Crippen LogP contribution in [0.1, 0.15) is 0 Å². The van der Waals surface area contributed by atoms with Gasteiger partial charge in [0.25, 0.3) is 0 Å². The maximum Gasteiger partial charge on any atom is 0.308 e. The van der Waals surface area contributed by atoms with Gasteiger partial charge in [-0.1, -0.05) is 0 Å². The van der Waals surface area contributed by atoms with E-state index in [-0.39, 0.29) is 24.7 Å². The molecule has 2 aliphatic rings. The lowest BCUT2D eigenvalue weighted by atomic mass is 9.76. The van der Waals surface area contributed by atoms with E-state index in [2.05, 4.69) is 0 Å². The molecular weight excluding hydrogens is 196 g/mol.